The molecule has 3 rings (SSSR count). The number of esters is 1. The Balaban J connectivity index is 1.59. The van der Waals surface area contributed by atoms with Crippen molar-refractivity contribution in [1.29, 1.82) is 0 Å². The van der Waals surface area contributed by atoms with Gasteiger partial charge in [-0.25, -0.2) is 13.6 Å². The first kappa shape index (κ1) is 19.2. The molecule has 9 heteroatoms. The Bertz CT molecular complexity index is 765. The molecule has 146 valence electrons. The number of carbonyl (C=O) groups excluding carboxylic acids is 2. The summed E-state index contributed by atoms with van der Waals surface area (Å²) in [6.45, 7) is 3.66. The van der Waals surface area contributed by atoms with E-state index in [0.717, 1.165) is 18.2 Å². The third-order valence-electron chi connectivity index (χ3n) is 4.42. The molecule has 2 aliphatic rings. The normalized spacial score (nSPS) is 27.0. The van der Waals surface area contributed by atoms with Gasteiger partial charge in [0.15, 0.2) is 6.10 Å². The lowest BCUT2D eigenvalue weighted by Gasteiger charge is -2.22. The average Bonchev–Trinajstić information content (AvgIpc) is 3.22. The summed E-state index contributed by atoms with van der Waals surface area (Å²) in [4.78, 5) is 29.6. The minimum Gasteiger partial charge on any atom is -0.464 e. The molecule has 0 aliphatic carbocycles. The molecule has 2 aliphatic heterocycles. The van der Waals surface area contributed by atoms with Crippen molar-refractivity contribution in [3.05, 3.63) is 35.4 Å². The van der Waals surface area contributed by atoms with Gasteiger partial charge in [-0.2, -0.15) is 0 Å². The highest BCUT2D eigenvalue weighted by atomic mass is 19.1. The second-order valence-electron chi connectivity index (χ2n) is 6.68. The number of benzene rings is 1. The van der Waals surface area contributed by atoms with Crippen LogP contribution in [0, 0.1) is 11.6 Å². The first-order valence-corrected chi connectivity index (χ1v) is 8.61. The predicted molar refractivity (Wildman–Crippen MR) is 89.9 cm³/mol. The van der Waals surface area contributed by atoms with Crippen LogP contribution in [0.25, 0.3) is 0 Å². The molecule has 0 aromatic heterocycles. The van der Waals surface area contributed by atoms with E-state index in [1.165, 1.54) is 6.92 Å². The van der Waals surface area contributed by atoms with E-state index in [1.54, 1.807) is 6.92 Å². The van der Waals surface area contributed by atoms with Gasteiger partial charge in [0.1, 0.15) is 11.6 Å². The lowest BCUT2D eigenvalue weighted by Crippen LogP contribution is -2.49. The summed E-state index contributed by atoms with van der Waals surface area (Å²) in [7, 11) is 0. The number of hydrogen-bond acceptors (Lipinski definition) is 6. The second kappa shape index (κ2) is 7.59. The van der Waals surface area contributed by atoms with E-state index in [1.807, 2.05) is 0 Å². The summed E-state index contributed by atoms with van der Waals surface area (Å²) in [6, 6.07) is 2.64. The molecular formula is C18H20F2N2O5. The van der Waals surface area contributed by atoms with Gasteiger partial charge in [0.2, 0.25) is 5.60 Å². The highest BCUT2D eigenvalue weighted by molar-refractivity contribution is 6.05. The number of amides is 1. The fraction of sp³-hybridized carbons (Fsp3) is 0.500. The van der Waals surface area contributed by atoms with E-state index in [0.29, 0.717) is 6.42 Å². The van der Waals surface area contributed by atoms with Gasteiger partial charge in [-0.15, -0.1) is 0 Å². The van der Waals surface area contributed by atoms with Crippen molar-refractivity contribution < 1.29 is 32.7 Å². The maximum atomic E-state index is 13.4. The molecule has 27 heavy (non-hydrogen) atoms. The fourth-order valence-corrected chi connectivity index (χ4v) is 3.00. The van der Waals surface area contributed by atoms with Crippen molar-refractivity contribution in [3.63, 3.8) is 0 Å². The quantitative estimate of drug-likeness (QED) is 0.784. The van der Waals surface area contributed by atoms with Crippen LogP contribution in [-0.4, -0.2) is 48.5 Å². The predicted octanol–water partition coefficient (Wildman–Crippen LogP) is 1.68. The molecule has 1 aromatic rings. The van der Waals surface area contributed by atoms with Gasteiger partial charge in [0.05, 0.1) is 25.0 Å². The molecule has 3 atom stereocenters. The second-order valence-corrected chi connectivity index (χ2v) is 6.68. The van der Waals surface area contributed by atoms with Gasteiger partial charge in [-0.1, -0.05) is 5.16 Å². The molecule has 1 N–H and O–H groups in total. The number of hydrogen-bond donors (Lipinski definition) is 1. The maximum Gasteiger partial charge on any atom is 0.335 e. The molecule has 0 radical (unpaired) electrons. The largest absolute Gasteiger partial charge is 0.464 e. The molecule has 2 heterocycles. The van der Waals surface area contributed by atoms with E-state index in [9.17, 15) is 18.4 Å². The van der Waals surface area contributed by atoms with E-state index in [2.05, 4.69) is 10.5 Å². The molecule has 7 nitrogen and oxygen atoms in total. The molecule has 2 unspecified atom stereocenters. The Morgan fingerprint density at radius 1 is 1.33 bits per heavy atom. The van der Waals surface area contributed by atoms with E-state index < -0.39 is 35.2 Å². The van der Waals surface area contributed by atoms with Crippen LogP contribution in [0.1, 0.15) is 32.3 Å². The van der Waals surface area contributed by atoms with Crippen LogP contribution in [0.5, 0.6) is 0 Å². The SMILES string of the molecule is CCOC(=O)C1CC(NC(=O)[C@@]2(C)CC(c3cc(F)cc(F)c3)=NO2)CO1. The molecule has 1 amide bonds. The summed E-state index contributed by atoms with van der Waals surface area (Å²) in [6.07, 6.45) is -0.366. The van der Waals surface area contributed by atoms with Crippen LogP contribution >= 0.6 is 0 Å². The number of nitrogens with one attached hydrogen (secondary N) is 1. The highest BCUT2D eigenvalue weighted by Gasteiger charge is 2.44. The van der Waals surface area contributed by atoms with Crippen LogP contribution in [0.3, 0.4) is 0 Å². The number of halogens is 2. The maximum absolute atomic E-state index is 13.4. The molecular weight excluding hydrogens is 362 g/mol. The third kappa shape index (κ3) is 4.24. The van der Waals surface area contributed by atoms with Crippen molar-refractivity contribution in [3.8, 4) is 0 Å². The Hall–Kier alpha value is -2.55. The summed E-state index contributed by atoms with van der Waals surface area (Å²) < 4.78 is 37.0. The van der Waals surface area contributed by atoms with E-state index >= 15 is 0 Å². The van der Waals surface area contributed by atoms with Crippen molar-refractivity contribution in [1.82, 2.24) is 5.32 Å². The molecule has 0 spiro atoms. The molecule has 1 saturated heterocycles. The van der Waals surface area contributed by atoms with Crippen LogP contribution < -0.4 is 5.32 Å². The Morgan fingerprint density at radius 2 is 2.04 bits per heavy atom. The number of oxime groups is 1. The number of carbonyl (C=O) groups is 2. The van der Waals surface area contributed by atoms with Crippen molar-refractivity contribution in [2.75, 3.05) is 13.2 Å². The van der Waals surface area contributed by atoms with Gasteiger partial charge in [0.25, 0.3) is 5.91 Å². The zero-order valence-electron chi connectivity index (χ0n) is 15.0. The van der Waals surface area contributed by atoms with Crippen LogP contribution in [0.15, 0.2) is 23.4 Å². The van der Waals surface area contributed by atoms with Gasteiger partial charge >= 0.3 is 5.97 Å². The monoisotopic (exact) mass is 382 g/mol. The minimum atomic E-state index is -1.32. The zero-order valence-corrected chi connectivity index (χ0v) is 15.0. The minimum absolute atomic E-state index is 0.0522. The average molecular weight is 382 g/mol. The molecule has 1 aromatic carbocycles. The van der Waals surface area contributed by atoms with Crippen LogP contribution in [-0.2, 0) is 23.9 Å². The van der Waals surface area contributed by atoms with Crippen molar-refractivity contribution in [2.24, 2.45) is 5.16 Å². The van der Waals surface area contributed by atoms with Crippen LogP contribution in [0.4, 0.5) is 8.78 Å². The number of ether oxygens (including phenoxy) is 2. The number of rotatable bonds is 5. The molecule has 0 bridgehead atoms. The van der Waals surface area contributed by atoms with Gasteiger partial charge in [-0.3, -0.25) is 4.79 Å². The summed E-state index contributed by atoms with van der Waals surface area (Å²) in [5.41, 5.74) is -0.825. The Morgan fingerprint density at radius 3 is 2.70 bits per heavy atom. The Labute approximate surface area is 154 Å². The standard InChI is InChI=1S/C18H20F2N2O5/c1-3-25-16(23)15-7-13(9-26-15)21-17(24)18(2)8-14(22-27-18)10-4-11(19)6-12(20)5-10/h4-6,13,15H,3,7-9H2,1-2H3,(H,21,24)/t13?,15?,18-/m1/s1. The number of nitrogens with zero attached hydrogens (tertiary/aromatic N) is 1. The van der Waals surface area contributed by atoms with Gasteiger partial charge in [0, 0.05) is 24.5 Å². The highest BCUT2D eigenvalue weighted by Crippen LogP contribution is 2.28. The lowest BCUT2D eigenvalue weighted by molar-refractivity contribution is -0.153. The third-order valence-corrected chi connectivity index (χ3v) is 4.42. The first-order chi connectivity index (χ1) is 12.8. The van der Waals surface area contributed by atoms with Gasteiger partial charge in [-0.05, 0) is 26.0 Å². The summed E-state index contributed by atoms with van der Waals surface area (Å²) >= 11 is 0. The topological polar surface area (TPSA) is 86.2 Å². The van der Waals surface area contributed by atoms with Crippen molar-refractivity contribution in [2.45, 2.75) is 44.4 Å². The summed E-state index contributed by atoms with van der Waals surface area (Å²) in [5, 5.41) is 6.59. The Kier molecular flexibility index (Phi) is 5.41. The molecule has 1 fully saturated rings. The van der Waals surface area contributed by atoms with Gasteiger partial charge < -0.3 is 19.6 Å². The molecule has 0 saturated carbocycles. The smallest absolute Gasteiger partial charge is 0.335 e. The van der Waals surface area contributed by atoms with E-state index in [-0.39, 0.29) is 37.0 Å². The first-order valence-electron chi connectivity index (χ1n) is 8.61. The fourth-order valence-electron chi connectivity index (χ4n) is 3.00. The van der Waals surface area contributed by atoms with Crippen LogP contribution in [0.2, 0.25) is 0 Å². The summed E-state index contributed by atoms with van der Waals surface area (Å²) in [5.74, 6) is -2.38. The van der Waals surface area contributed by atoms with E-state index in [4.69, 9.17) is 14.3 Å². The lowest BCUT2D eigenvalue weighted by atomic mass is 9.94. The van der Waals surface area contributed by atoms with Crippen molar-refractivity contribution >= 4 is 17.6 Å². The zero-order chi connectivity index (χ0) is 19.6.